The third-order valence-electron chi connectivity index (χ3n) is 4.03. The van der Waals surface area contributed by atoms with Crippen LogP contribution in [0.1, 0.15) is 5.56 Å². The lowest BCUT2D eigenvalue weighted by molar-refractivity contribution is 0.117. The molecule has 3 rings (SSSR count). The molecule has 28 heavy (non-hydrogen) atoms. The largest absolute Gasteiger partial charge is 0.380 e. The fourth-order valence-corrected chi connectivity index (χ4v) is 2.78. The van der Waals surface area contributed by atoms with Gasteiger partial charge in [-0.25, -0.2) is 10.2 Å². The molecule has 1 aromatic carbocycles. The number of nitrogens with one attached hydrogen (secondary N) is 2. The molecule has 0 aliphatic carbocycles. The lowest BCUT2D eigenvalue weighted by Crippen LogP contribution is -2.39. The lowest BCUT2D eigenvalue weighted by Gasteiger charge is -2.16. The summed E-state index contributed by atoms with van der Waals surface area (Å²) in [4.78, 5) is 12.4. The van der Waals surface area contributed by atoms with Crippen LogP contribution in [0.15, 0.2) is 52.5 Å². The number of hydrazone groups is 1. The average Bonchev–Trinajstić information content (AvgIpc) is 2.97. The van der Waals surface area contributed by atoms with Gasteiger partial charge < -0.3 is 25.9 Å². The van der Waals surface area contributed by atoms with Crippen molar-refractivity contribution in [3.05, 3.63) is 69.4 Å². The number of amidine groups is 1. The summed E-state index contributed by atoms with van der Waals surface area (Å²) in [5.41, 5.74) is 2.49. The van der Waals surface area contributed by atoms with Gasteiger partial charge in [0.15, 0.2) is 5.84 Å². The van der Waals surface area contributed by atoms with Crippen molar-refractivity contribution in [3.8, 4) is 0 Å². The van der Waals surface area contributed by atoms with Gasteiger partial charge in [-0.05, 0) is 24.3 Å². The van der Waals surface area contributed by atoms with Gasteiger partial charge in [-0.15, -0.1) is 0 Å². The molecule has 1 fully saturated rings. The normalized spacial score (nSPS) is 17.2. The van der Waals surface area contributed by atoms with Crippen LogP contribution < -0.4 is 28.0 Å². The maximum atomic E-state index is 12.4. The van der Waals surface area contributed by atoms with Crippen LogP contribution in [-0.4, -0.2) is 36.7 Å². The Morgan fingerprint density at radius 3 is 2.82 bits per heavy atom. The highest BCUT2D eigenvalue weighted by atomic mass is 35.5. The Morgan fingerprint density at radius 1 is 1.39 bits per heavy atom. The van der Waals surface area contributed by atoms with Crippen molar-refractivity contribution in [2.45, 2.75) is 6.54 Å². The average molecular weight is 411 g/mol. The number of hydrazine groups is 1. The van der Waals surface area contributed by atoms with Crippen molar-refractivity contribution in [2.75, 3.05) is 26.3 Å². The second-order valence-electron chi connectivity index (χ2n) is 6.06. The Hall–Kier alpha value is -2.46. The summed E-state index contributed by atoms with van der Waals surface area (Å²) in [7, 11) is 0. The van der Waals surface area contributed by atoms with Crippen LogP contribution in [0.4, 0.5) is 4.39 Å². The van der Waals surface area contributed by atoms with Crippen LogP contribution in [0.3, 0.4) is 0 Å². The van der Waals surface area contributed by atoms with E-state index < -0.39 is 0 Å². The summed E-state index contributed by atoms with van der Waals surface area (Å²) in [6.07, 6.45) is 1.74. The molecule has 8 nitrogen and oxygen atoms in total. The van der Waals surface area contributed by atoms with Gasteiger partial charge in [0.05, 0.1) is 23.8 Å². The minimum atomic E-state index is -0.367. The van der Waals surface area contributed by atoms with Crippen LogP contribution in [-0.2, 0) is 11.3 Å². The van der Waals surface area contributed by atoms with Crippen LogP contribution in [0, 0.1) is 11.7 Å². The van der Waals surface area contributed by atoms with Crippen molar-refractivity contribution < 1.29 is 9.13 Å². The van der Waals surface area contributed by atoms with Gasteiger partial charge in [0, 0.05) is 31.7 Å². The fraction of sp³-hybridized carbons (Fsp3) is 0.333. The topological polar surface area (TPSA) is 120 Å². The number of nitrogens with two attached hydrogens (primary N) is 2. The number of nitrogens with zero attached hydrogens (tertiary/aromatic N) is 2. The molecular formula is C18H24ClFN6O2. The number of hydrogen-bond donors (Lipinski definition) is 4. The predicted molar refractivity (Wildman–Crippen MR) is 107 cm³/mol. The van der Waals surface area contributed by atoms with Gasteiger partial charge >= 0.3 is 0 Å². The van der Waals surface area contributed by atoms with Gasteiger partial charge in [0.25, 0.3) is 5.56 Å². The van der Waals surface area contributed by atoms with Crippen molar-refractivity contribution in [2.24, 2.45) is 22.7 Å². The van der Waals surface area contributed by atoms with Crippen LogP contribution in [0.2, 0.25) is 5.02 Å². The van der Waals surface area contributed by atoms with Crippen LogP contribution in [0.25, 0.3) is 0 Å². The Balaban J connectivity index is 0.000000292. The molecule has 1 atom stereocenters. The number of pyridine rings is 1. The summed E-state index contributed by atoms with van der Waals surface area (Å²) in [6.45, 7) is 3.57. The van der Waals surface area contributed by atoms with E-state index in [1.54, 1.807) is 35.0 Å². The molecule has 1 aliphatic rings. The van der Waals surface area contributed by atoms with Crippen molar-refractivity contribution >= 4 is 17.4 Å². The predicted octanol–water partition coefficient (Wildman–Crippen LogP) is 0.647. The van der Waals surface area contributed by atoms with Gasteiger partial charge in [0.2, 0.25) is 0 Å². The van der Waals surface area contributed by atoms with Crippen molar-refractivity contribution in [1.82, 2.24) is 15.3 Å². The Labute approximate surface area is 167 Å². The molecule has 2 heterocycles. The number of rotatable bonds is 3. The van der Waals surface area contributed by atoms with E-state index in [2.05, 4.69) is 15.8 Å². The zero-order chi connectivity index (χ0) is 20.4. The first-order valence-corrected chi connectivity index (χ1v) is 9.07. The molecule has 1 aromatic heterocycles. The lowest BCUT2D eigenvalue weighted by atomic mass is 10.1. The second kappa shape index (κ2) is 11.4. The minimum Gasteiger partial charge on any atom is -0.380 e. The third-order valence-corrected chi connectivity index (χ3v) is 4.34. The van der Waals surface area contributed by atoms with E-state index in [1.165, 1.54) is 12.1 Å². The SMILES string of the molecule is Fc1ccccc1Cl.N/N=C(\NN)c1cccn(CC2CNCCOC2)c1=O. The molecule has 1 saturated heterocycles. The highest BCUT2D eigenvalue weighted by Gasteiger charge is 2.15. The van der Waals surface area contributed by atoms with E-state index >= 15 is 0 Å². The minimum absolute atomic E-state index is 0.166. The summed E-state index contributed by atoms with van der Waals surface area (Å²) >= 11 is 5.33. The van der Waals surface area contributed by atoms with E-state index in [0.717, 1.165) is 13.1 Å². The quantitative estimate of drug-likeness (QED) is 0.255. The molecule has 0 spiro atoms. The van der Waals surface area contributed by atoms with Crippen LogP contribution in [0.5, 0.6) is 0 Å². The van der Waals surface area contributed by atoms with E-state index in [4.69, 9.17) is 28.0 Å². The molecule has 2 aromatic rings. The first kappa shape index (κ1) is 21.8. The molecule has 0 saturated carbocycles. The first-order valence-electron chi connectivity index (χ1n) is 8.69. The maximum Gasteiger partial charge on any atom is 0.261 e. The summed E-state index contributed by atoms with van der Waals surface area (Å²) in [6, 6.07) is 9.52. The monoisotopic (exact) mass is 410 g/mol. The molecule has 152 valence electrons. The van der Waals surface area contributed by atoms with E-state index in [-0.39, 0.29) is 28.2 Å². The molecule has 1 unspecified atom stereocenters. The summed E-state index contributed by atoms with van der Waals surface area (Å²) < 4.78 is 19.3. The number of benzene rings is 1. The first-order chi connectivity index (χ1) is 13.6. The van der Waals surface area contributed by atoms with Crippen molar-refractivity contribution in [1.29, 1.82) is 0 Å². The van der Waals surface area contributed by atoms with Crippen LogP contribution >= 0.6 is 11.6 Å². The summed E-state index contributed by atoms with van der Waals surface area (Å²) in [5, 5.41) is 6.92. The molecule has 0 bridgehead atoms. The Kier molecular flexibility index (Phi) is 8.89. The molecule has 0 amide bonds. The Morgan fingerprint density at radius 2 is 2.18 bits per heavy atom. The van der Waals surface area contributed by atoms with Gasteiger partial charge in [-0.3, -0.25) is 4.79 Å². The number of hydrogen-bond acceptors (Lipinski definition) is 6. The molecular weight excluding hydrogens is 387 g/mol. The van der Waals surface area contributed by atoms with E-state index in [0.29, 0.717) is 25.3 Å². The van der Waals surface area contributed by atoms with Gasteiger partial charge in [-0.2, -0.15) is 5.10 Å². The smallest absolute Gasteiger partial charge is 0.261 e. The third kappa shape index (κ3) is 6.31. The van der Waals surface area contributed by atoms with Crippen molar-refractivity contribution in [3.63, 3.8) is 0 Å². The standard InChI is InChI=1S/C12H20N6O2.C6H4ClF/c13-16-11(17-14)10-2-1-4-18(12(10)19)7-9-6-15-3-5-20-8-9;7-5-3-1-2-4-6(5)8/h1-2,4,9,15H,3,5-8,13-14H2,(H,16,17);1-4H. The number of aromatic nitrogens is 1. The Bertz CT molecular complexity index is 816. The van der Waals surface area contributed by atoms with E-state index in [1.807, 2.05) is 0 Å². The van der Waals surface area contributed by atoms with E-state index in [9.17, 15) is 9.18 Å². The zero-order valence-electron chi connectivity index (χ0n) is 15.3. The van der Waals surface area contributed by atoms with Gasteiger partial charge in [0.1, 0.15) is 5.82 Å². The molecule has 10 heteroatoms. The zero-order valence-corrected chi connectivity index (χ0v) is 16.0. The molecule has 0 radical (unpaired) electrons. The molecule has 6 N–H and O–H groups in total. The fourth-order valence-electron chi connectivity index (χ4n) is 2.64. The number of halogens is 2. The summed E-state index contributed by atoms with van der Waals surface area (Å²) in [5.74, 6) is 10.6. The second-order valence-corrected chi connectivity index (χ2v) is 6.47. The van der Waals surface area contributed by atoms with Gasteiger partial charge in [-0.1, -0.05) is 23.7 Å². The highest BCUT2D eigenvalue weighted by Crippen LogP contribution is 2.11. The molecule has 1 aliphatic heterocycles. The maximum absolute atomic E-state index is 12.4. The highest BCUT2D eigenvalue weighted by molar-refractivity contribution is 6.30. The number of ether oxygens (including phenoxy) is 1.